The van der Waals surface area contributed by atoms with E-state index in [0.717, 1.165) is 0 Å². The highest BCUT2D eigenvalue weighted by Gasteiger charge is 2.49. The lowest BCUT2D eigenvalue weighted by atomic mass is 15.5. The summed E-state index contributed by atoms with van der Waals surface area (Å²) in [6.07, 6.45) is 0. The predicted molar refractivity (Wildman–Crippen MR) is 72.7 cm³/mol. The molecular weight excluding hydrogens is 417 g/mol. The first-order valence-electron chi connectivity index (χ1n) is 5.55. The van der Waals surface area contributed by atoms with Crippen LogP contribution >= 0.6 is 0 Å². The number of hydrogen-bond donors (Lipinski definition) is 1. The molecule has 0 aromatic rings. The predicted octanol–water partition coefficient (Wildman–Crippen LogP) is -6.77. The number of rotatable bonds is 0. The lowest BCUT2D eigenvalue weighted by molar-refractivity contribution is 0.0712. The summed E-state index contributed by atoms with van der Waals surface area (Å²) in [7, 11) is -19.8. The Morgan fingerprint density at radius 3 is 1.30 bits per heavy atom. The molecule has 4 rings (SSSR count). The van der Waals surface area contributed by atoms with Gasteiger partial charge in [-0.05, 0) is 0 Å². The first-order valence-corrected chi connectivity index (χ1v) is 16.6. The van der Waals surface area contributed by atoms with Crippen molar-refractivity contribution in [3.05, 3.63) is 0 Å². The van der Waals surface area contributed by atoms with Crippen molar-refractivity contribution >= 4 is 76.7 Å². The summed E-state index contributed by atoms with van der Waals surface area (Å²) in [6, 6.07) is 0. The molecule has 12 nitrogen and oxygen atoms in total. The zero-order valence-corrected chi connectivity index (χ0v) is 19.2. The van der Waals surface area contributed by atoms with Crippen LogP contribution in [0.5, 0.6) is 0 Å². The lowest BCUT2D eigenvalue weighted by Gasteiger charge is -2.40. The number of hydrogen-bond acceptors (Lipinski definition) is 12. The summed E-state index contributed by atoms with van der Waals surface area (Å²) in [5, 5.41) is 0. The van der Waals surface area contributed by atoms with Crippen LogP contribution in [0.15, 0.2) is 0 Å². The highest BCUT2D eigenvalue weighted by molar-refractivity contribution is 6.78. The van der Waals surface area contributed by atoms with Crippen molar-refractivity contribution in [3.63, 3.8) is 0 Å². The molecule has 20 heteroatoms. The van der Waals surface area contributed by atoms with Crippen LogP contribution in [-0.2, 0) is 45.3 Å². The Bertz CT molecular complexity index is 313. The molecule has 4 aliphatic rings. The lowest BCUT2D eigenvalue weighted by Crippen LogP contribution is -2.63. The second-order valence-electron chi connectivity index (χ2n) is 3.72. The minimum absolute atomic E-state index is 1.34. The normalized spacial score (nSPS) is 53.5. The van der Waals surface area contributed by atoms with Crippen LogP contribution in [0.3, 0.4) is 0 Å². The monoisotopic (exact) mass is 426 g/mol. The Balaban J connectivity index is 1.65. The third-order valence-corrected chi connectivity index (χ3v) is 21.8. The summed E-state index contributed by atoms with van der Waals surface area (Å²) < 4.78 is 60.9. The van der Waals surface area contributed by atoms with Gasteiger partial charge in [0, 0.05) is 0 Å². The van der Waals surface area contributed by atoms with Gasteiger partial charge in [0.2, 0.25) is 0 Å². The van der Waals surface area contributed by atoms with Gasteiger partial charge >= 0.3 is 66.7 Å². The molecule has 4 aliphatic heterocycles. The van der Waals surface area contributed by atoms with E-state index < -0.39 is 76.7 Å². The fourth-order valence-electron chi connectivity index (χ4n) is 1.61. The van der Waals surface area contributed by atoms with E-state index in [0.29, 0.717) is 0 Å². The number of fused-ring (bicyclic) bond motifs is 4. The van der Waals surface area contributed by atoms with Crippen LogP contribution in [0, 0.1) is 0 Å². The molecule has 4 saturated heterocycles. The van der Waals surface area contributed by atoms with Crippen molar-refractivity contribution in [1.82, 2.24) is 0 Å². The van der Waals surface area contributed by atoms with Gasteiger partial charge in [-0.15, -0.1) is 0 Å². The highest BCUT2D eigenvalue weighted by atomic mass is 28.6. The molecule has 0 aliphatic carbocycles. The topological polar surface area (TPSA) is 122 Å². The Morgan fingerprint density at radius 1 is 0.500 bits per heavy atom. The van der Waals surface area contributed by atoms with Crippen LogP contribution in [0.2, 0.25) is 0 Å². The standard InChI is InChI=1S/H10O12Si8/c1-14-4-17-6-15-2-13-3-16-7-18(5-14)11-20(10-17)12-19(8-15)9-16/h1,14-20H,13H2. The van der Waals surface area contributed by atoms with Crippen molar-refractivity contribution in [2.24, 2.45) is 0 Å². The molecule has 4 heterocycles. The molecule has 0 radical (unpaired) electrons. The van der Waals surface area contributed by atoms with Gasteiger partial charge < -0.3 is 50.1 Å². The molecule has 6 bridgehead atoms. The van der Waals surface area contributed by atoms with Crippen molar-refractivity contribution in [2.75, 3.05) is 0 Å². The molecule has 0 spiro atoms. The Kier molecular flexibility index (Phi) is 4.74. The average Bonchev–Trinajstić information content (AvgIpc) is 2.26. The second kappa shape index (κ2) is 6.40. The molecule has 4 atom stereocenters. The first kappa shape index (κ1) is 14.8. The van der Waals surface area contributed by atoms with E-state index in [2.05, 4.69) is 0 Å². The highest BCUT2D eigenvalue weighted by Crippen LogP contribution is 2.20. The molecule has 0 amide bonds. The smallest absolute Gasteiger partial charge is 0.401 e. The van der Waals surface area contributed by atoms with Crippen molar-refractivity contribution in [3.8, 4) is 0 Å². The summed E-state index contributed by atoms with van der Waals surface area (Å²) in [6.45, 7) is 0. The maximum Gasteiger partial charge on any atom is 0.466 e. The third-order valence-electron chi connectivity index (χ3n) is 2.42. The maximum absolute atomic E-state index is 9.76. The van der Waals surface area contributed by atoms with Crippen LogP contribution in [-0.4, -0.2) is 81.5 Å². The van der Waals surface area contributed by atoms with E-state index in [4.69, 9.17) is 45.3 Å². The maximum atomic E-state index is 9.76. The Morgan fingerprint density at radius 2 is 0.850 bits per heavy atom. The van der Waals surface area contributed by atoms with Gasteiger partial charge in [0.15, 0.2) is 0 Å². The summed E-state index contributed by atoms with van der Waals surface area (Å²) in [4.78, 5) is 9.76. The molecule has 114 valence electrons. The van der Waals surface area contributed by atoms with E-state index in [1.54, 1.807) is 0 Å². The third kappa shape index (κ3) is 3.43. The fourth-order valence-corrected chi connectivity index (χ4v) is 26.7. The summed E-state index contributed by atoms with van der Waals surface area (Å²) in [5.74, 6) is 0. The molecule has 0 saturated carbocycles. The van der Waals surface area contributed by atoms with E-state index in [-0.39, 0.29) is 0 Å². The van der Waals surface area contributed by atoms with Crippen LogP contribution in [0.4, 0.5) is 0 Å². The van der Waals surface area contributed by atoms with Crippen LogP contribution < -0.4 is 0 Å². The Labute approximate surface area is 127 Å². The van der Waals surface area contributed by atoms with Crippen LogP contribution in [0.1, 0.15) is 0 Å². The molecule has 4 unspecified atom stereocenters. The minimum atomic E-state index is -2.95. The largest absolute Gasteiger partial charge is 0.466 e. The van der Waals surface area contributed by atoms with Gasteiger partial charge in [-0.25, -0.2) is 0 Å². The van der Waals surface area contributed by atoms with E-state index in [9.17, 15) is 4.80 Å². The first-order chi connectivity index (χ1) is 9.74. The Hall–Kier alpha value is 1.26. The van der Waals surface area contributed by atoms with Gasteiger partial charge in [-0.3, -0.25) is 0 Å². The van der Waals surface area contributed by atoms with Gasteiger partial charge in [0.25, 0.3) is 10.0 Å². The van der Waals surface area contributed by atoms with Gasteiger partial charge in [-0.1, -0.05) is 0 Å². The van der Waals surface area contributed by atoms with Gasteiger partial charge in [-0.2, -0.15) is 0 Å². The molecule has 1 N–H and O–H groups in total. The molecular formula is H10O12Si8. The second-order valence-corrected chi connectivity index (χ2v) is 20.5. The molecule has 0 aromatic heterocycles. The molecule has 0 aromatic carbocycles. The SMILES string of the molecule is O[SiH]1O[SiH]2O[SiH]3O[SiH2]O[SiH]4O[SiH](O1)O[SiH](O2)O[SiH](O3)O4. The average molecular weight is 427 g/mol. The zero-order chi connectivity index (χ0) is 13.5. The molecule has 4 fully saturated rings. The van der Waals surface area contributed by atoms with Crippen LogP contribution in [0.25, 0.3) is 0 Å². The van der Waals surface area contributed by atoms with Gasteiger partial charge in [0.1, 0.15) is 0 Å². The van der Waals surface area contributed by atoms with Crippen molar-refractivity contribution < 1.29 is 50.1 Å². The zero-order valence-electron chi connectivity index (χ0n) is 9.69. The summed E-state index contributed by atoms with van der Waals surface area (Å²) >= 11 is 0. The fraction of sp³-hybridized carbons (Fsp3) is 0. The van der Waals surface area contributed by atoms with Gasteiger partial charge in [0.05, 0.1) is 0 Å². The van der Waals surface area contributed by atoms with E-state index in [1.807, 2.05) is 0 Å². The molecule has 20 heavy (non-hydrogen) atoms. The van der Waals surface area contributed by atoms with E-state index in [1.165, 1.54) is 0 Å². The minimum Gasteiger partial charge on any atom is -0.401 e. The quantitative estimate of drug-likeness (QED) is 0.370. The van der Waals surface area contributed by atoms with Crippen molar-refractivity contribution in [1.29, 1.82) is 0 Å². The van der Waals surface area contributed by atoms with E-state index >= 15 is 0 Å². The summed E-state index contributed by atoms with van der Waals surface area (Å²) in [5.41, 5.74) is 0. The van der Waals surface area contributed by atoms with Crippen molar-refractivity contribution in [2.45, 2.75) is 0 Å².